The summed E-state index contributed by atoms with van der Waals surface area (Å²) >= 11 is 5.92. The number of benzene rings is 2. The number of nitrogens with zero attached hydrogens (tertiary/aromatic N) is 2. The molecule has 2 aromatic carbocycles. The molecule has 1 heterocycles. The van der Waals surface area contributed by atoms with Gasteiger partial charge in [-0.05, 0) is 53.7 Å². The van der Waals surface area contributed by atoms with E-state index < -0.39 is 10.9 Å². The van der Waals surface area contributed by atoms with Gasteiger partial charge in [0.15, 0.2) is 0 Å². The highest BCUT2D eigenvalue weighted by Crippen LogP contribution is 2.39. The van der Waals surface area contributed by atoms with Gasteiger partial charge in [0.1, 0.15) is 5.02 Å². The van der Waals surface area contributed by atoms with Crippen LogP contribution < -0.4 is 0 Å². The minimum Gasteiger partial charge on any atom is -0.478 e. The van der Waals surface area contributed by atoms with Crippen molar-refractivity contribution in [2.45, 2.75) is 19.8 Å². The van der Waals surface area contributed by atoms with Crippen molar-refractivity contribution in [2.75, 3.05) is 0 Å². The van der Waals surface area contributed by atoms with Crippen LogP contribution in [0.25, 0.3) is 22.6 Å². The van der Waals surface area contributed by atoms with E-state index in [0.29, 0.717) is 40.6 Å². The van der Waals surface area contributed by atoms with Crippen LogP contribution in [0.2, 0.25) is 5.02 Å². The van der Waals surface area contributed by atoms with E-state index in [4.69, 9.17) is 16.6 Å². The summed E-state index contributed by atoms with van der Waals surface area (Å²) in [7, 11) is 0. The summed E-state index contributed by atoms with van der Waals surface area (Å²) in [6.45, 7) is 2.06. The number of pyridine rings is 1. The van der Waals surface area contributed by atoms with Crippen LogP contribution in [0.1, 0.15) is 40.5 Å². The minimum absolute atomic E-state index is 0.0758. The number of allylic oxidation sites excluding steroid dienone is 1. The Balaban J connectivity index is 1.95. The van der Waals surface area contributed by atoms with Gasteiger partial charge in [0.05, 0.1) is 21.7 Å². The van der Waals surface area contributed by atoms with Crippen LogP contribution in [0.15, 0.2) is 42.5 Å². The van der Waals surface area contributed by atoms with Crippen molar-refractivity contribution >= 4 is 45.8 Å². The smallest absolute Gasteiger partial charge is 0.336 e. The molecule has 1 aromatic heterocycles. The number of carboxylic acids is 1. The van der Waals surface area contributed by atoms with Crippen molar-refractivity contribution in [3.8, 4) is 0 Å². The van der Waals surface area contributed by atoms with Gasteiger partial charge in [-0.15, -0.1) is 0 Å². The van der Waals surface area contributed by atoms with Crippen molar-refractivity contribution in [3.63, 3.8) is 0 Å². The highest BCUT2D eigenvalue weighted by molar-refractivity contribution is 6.32. The summed E-state index contributed by atoms with van der Waals surface area (Å²) in [4.78, 5) is 27.5. The maximum absolute atomic E-state index is 12.1. The molecule has 29 heavy (non-hydrogen) atoms. The van der Waals surface area contributed by atoms with Crippen LogP contribution >= 0.6 is 11.6 Å². The van der Waals surface area contributed by atoms with E-state index in [1.165, 1.54) is 12.1 Å². The molecule has 0 saturated heterocycles. The lowest BCUT2D eigenvalue weighted by Crippen LogP contribution is -2.17. The van der Waals surface area contributed by atoms with Gasteiger partial charge in [0.2, 0.25) is 0 Å². The fraction of sp³-hybridized carbons (Fsp3) is 0.182. The van der Waals surface area contributed by atoms with E-state index in [0.717, 1.165) is 5.57 Å². The van der Waals surface area contributed by atoms with Gasteiger partial charge in [0.25, 0.3) is 5.69 Å². The standard InChI is InChI=1S/C22H17ClN2O4/c1-12-8-14(10-13-6-7-17(23)19(11-13)25(28)29)21-16(9-12)20(22(26)27)15-4-2-3-5-18(15)24-21/h2-7,10-12H,8-9H2,1H3,(H,26,27)/b14-10+/t12-/m0/s1. The molecule has 146 valence electrons. The summed E-state index contributed by atoms with van der Waals surface area (Å²) in [6, 6.07) is 11.8. The molecule has 0 saturated carbocycles. The number of carbonyl (C=O) groups is 1. The average Bonchev–Trinajstić information content (AvgIpc) is 2.67. The average molecular weight is 409 g/mol. The molecule has 0 aliphatic heterocycles. The second kappa shape index (κ2) is 7.29. The molecule has 1 atom stereocenters. The minimum atomic E-state index is -0.976. The van der Waals surface area contributed by atoms with Gasteiger partial charge in [0, 0.05) is 11.5 Å². The SMILES string of the molecule is C[C@H]1C/C(=C\c2ccc(Cl)c([N+](=O)[O-])c2)c2nc3ccccc3c(C(=O)O)c2C1. The molecule has 0 bridgehead atoms. The van der Waals surface area contributed by atoms with Crippen molar-refractivity contribution < 1.29 is 14.8 Å². The molecule has 6 nitrogen and oxygen atoms in total. The first-order valence-corrected chi connectivity index (χ1v) is 9.52. The van der Waals surface area contributed by atoms with Gasteiger partial charge < -0.3 is 5.11 Å². The number of nitro benzene ring substituents is 1. The Labute approximate surface area is 171 Å². The first-order valence-electron chi connectivity index (χ1n) is 9.15. The molecule has 1 aliphatic carbocycles. The zero-order valence-electron chi connectivity index (χ0n) is 15.6. The summed E-state index contributed by atoms with van der Waals surface area (Å²) in [5.41, 5.74) is 3.59. The number of hydrogen-bond acceptors (Lipinski definition) is 4. The van der Waals surface area contributed by atoms with E-state index >= 15 is 0 Å². The van der Waals surface area contributed by atoms with Crippen molar-refractivity contribution in [3.05, 3.63) is 80.0 Å². The van der Waals surface area contributed by atoms with Crippen molar-refractivity contribution in [1.29, 1.82) is 0 Å². The maximum atomic E-state index is 12.1. The zero-order chi connectivity index (χ0) is 20.7. The Hall–Kier alpha value is -3.25. The predicted octanol–water partition coefficient (Wildman–Crippen LogP) is 5.62. The molecule has 0 radical (unpaired) electrons. The molecular formula is C22H17ClN2O4. The molecule has 7 heteroatoms. The van der Waals surface area contributed by atoms with Crippen LogP contribution in [0, 0.1) is 16.0 Å². The second-order valence-electron chi connectivity index (χ2n) is 7.29. The van der Waals surface area contributed by atoms with Gasteiger partial charge in [-0.25, -0.2) is 9.78 Å². The third-order valence-electron chi connectivity index (χ3n) is 5.14. The molecule has 3 aromatic rings. The van der Waals surface area contributed by atoms with Crippen molar-refractivity contribution in [2.24, 2.45) is 5.92 Å². The number of carboxylic acid groups (broad SMARTS) is 1. The number of aromatic nitrogens is 1. The van der Waals surface area contributed by atoms with Gasteiger partial charge >= 0.3 is 5.97 Å². The third kappa shape index (κ3) is 3.47. The Morgan fingerprint density at radius 1 is 1.28 bits per heavy atom. The lowest BCUT2D eigenvalue weighted by molar-refractivity contribution is -0.384. The van der Waals surface area contributed by atoms with E-state index in [1.807, 2.05) is 12.1 Å². The summed E-state index contributed by atoms with van der Waals surface area (Å²) < 4.78 is 0. The number of hydrogen-bond donors (Lipinski definition) is 1. The fourth-order valence-electron chi connectivity index (χ4n) is 3.94. The Morgan fingerprint density at radius 2 is 2.03 bits per heavy atom. The highest BCUT2D eigenvalue weighted by Gasteiger charge is 2.28. The number of aromatic carboxylic acids is 1. The molecule has 1 N–H and O–H groups in total. The first kappa shape index (κ1) is 19.1. The normalized spacial score (nSPS) is 17.3. The van der Waals surface area contributed by atoms with E-state index in [9.17, 15) is 20.0 Å². The number of fused-ring (bicyclic) bond motifs is 2. The zero-order valence-corrected chi connectivity index (χ0v) is 16.3. The first-order chi connectivity index (χ1) is 13.8. The molecule has 4 rings (SSSR count). The van der Waals surface area contributed by atoms with E-state index in [2.05, 4.69) is 6.92 Å². The lowest BCUT2D eigenvalue weighted by Gasteiger charge is -2.26. The summed E-state index contributed by atoms with van der Waals surface area (Å²) in [5.74, 6) is -0.757. The van der Waals surface area contributed by atoms with Crippen LogP contribution in [0.4, 0.5) is 5.69 Å². The molecule has 0 spiro atoms. The predicted molar refractivity (Wildman–Crippen MR) is 112 cm³/mol. The maximum Gasteiger partial charge on any atom is 0.336 e. The van der Waals surface area contributed by atoms with E-state index in [-0.39, 0.29) is 22.2 Å². The second-order valence-corrected chi connectivity index (χ2v) is 7.69. The Kier molecular flexibility index (Phi) is 4.80. The highest BCUT2D eigenvalue weighted by atomic mass is 35.5. The van der Waals surface area contributed by atoms with Crippen LogP contribution in [-0.2, 0) is 6.42 Å². The number of para-hydroxylation sites is 1. The van der Waals surface area contributed by atoms with Crippen LogP contribution in [0.3, 0.4) is 0 Å². The molecule has 0 fully saturated rings. The topological polar surface area (TPSA) is 93.3 Å². The Morgan fingerprint density at radius 3 is 2.76 bits per heavy atom. The molecular weight excluding hydrogens is 392 g/mol. The molecule has 0 amide bonds. The van der Waals surface area contributed by atoms with Crippen LogP contribution in [0.5, 0.6) is 0 Å². The Bertz CT molecular complexity index is 1200. The van der Waals surface area contributed by atoms with Gasteiger partial charge in [-0.1, -0.05) is 42.8 Å². The largest absolute Gasteiger partial charge is 0.478 e. The van der Waals surface area contributed by atoms with Crippen LogP contribution in [-0.4, -0.2) is 21.0 Å². The number of rotatable bonds is 3. The molecule has 0 unspecified atom stereocenters. The van der Waals surface area contributed by atoms with E-state index in [1.54, 1.807) is 24.3 Å². The van der Waals surface area contributed by atoms with Crippen molar-refractivity contribution in [1.82, 2.24) is 4.98 Å². The van der Waals surface area contributed by atoms with Gasteiger partial charge in [-0.2, -0.15) is 0 Å². The quantitative estimate of drug-likeness (QED) is 0.448. The molecule has 1 aliphatic rings. The fourth-order valence-corrected chi connectivity index (χ4v) is 4.13. The number of halogens is 1. The summed E-state index contributed by atoms with van der Waals surface area (Å²) in [6.07, 6.45) is 3.16. The lowest BCUT2D eigenvalue weighted by atomic mass is 9.80. The summed E-state index contributed by atoms with van der Waals surface area (Å²) in [5, 5.41) is 21.8. The van der Waals surface area contributed by atoms with Gasteiger partial charge in [-0.3, -0.25) is 10.1 Å². The number of nitro groups is 1. The third-order valence-corrected chi connectivity index (χ3v) is 5.46. The monoisotopic (exact) mass is 408 g/mol.